The maximum atomic E-state index is 15.0. The van der Waals surface area contributed by atoms with Gasteiger partial charge in [0.05, 0.1) is 13.2 Å². The number of hydrogen-bond acceptors (Lipinski definition) is 4. The molecular formula is C25H34FO4P. The van der Waals surface area contributed by atoms with Crippen LogP contribution in [0.15, 0.2) is 24.3 Å². The summed E-state index contributed by atoms with van der Waals surface area (Å²) in [6, 6.07) is 7.66. The van der Waals surface area contributed by atoms with Gasteiger partial charge >= 0.3 is 7.60 Å². The first-order chi connectivity index (χ1) is 14.7. The topological polar surface area (TPSA) is 44.8 Å². The average molecular weight is 449 g/mol. The molecule has 170 valence electrons. The molecule has 3 rings (SSSR count). The number of hydrogen-bond donors (Lipinski definition) is 0. The van der Waals surface area contributed by atoms with E-state index in [1.54, 1.807) is 19.9 Å². The molecule has 1 aliphatic rings. The van der Waals surface area contributed by atoms with Gasteiger partial charge in [-0.1, -0.05) is 19.9 Å². The minimum atomic E-state index is -3.28. The predicted octanol–water partition coefficient (Wildman–Crippen LogP) is 7.25. The zero-order valence-corrected chi connectivity index (χ0v) is 20.4. The lowest BCUT2D eigenvalue weighted by Crippen LogP contribution is -2.07. The maximum Gasteiger partial charge on any atom is 0.367 e. The lowest BCUT2D eigenvalue weighted by atomic mass is 9.86. The molecule has 0 saturated heterocycles. The van der Waals surface area contributed by atoms with Crippen molar-refractivity contribution in [3.63, 3.8) is 0 Å². The molecule has 2 aromatic carbocycles. The molecule has 0 N–H and O–H groups in total. The Morgan fingerprint density at radius 3 is 2.35 bits per heavy atom. The van der Waals surface area contributed by atoms with Gasteiger partial charge in [-0.25, -0.2) is 4.39 Å². The molecule has 0 spiro atoms. The molecule has 31 heavy (non-hydrogen) atoms. The molecule has 0 heterocycles. The molecule has 0 bridgehead atoms. The fourth-order valence-corrected chi connectivity index (χ4v) is 5.95. The number of aryl methyl sites for hydroxylation is 3. The third-order valence-corrected chi connectivity index (χ3v) is 7.67. The van der Waals surface area contributed by atoms with E-state index in [0.717, 1.165) is 35.1 Å². The van der Waals surface area contributed by atoms with E-state index in [1.165, 1.54) is 11.1 Å². The molecule has 1 atom stereocenters. The van der Waals surface area contributed by atoms with Crippen LogP contribution in [0.5, 0.6) is 5.75 Å². The quantitative estimate of drug-likeness (QED) is 0.379. The second-order valence-corrected chi connectivity index (χ2v) is 10.5. The number of fused-ring (bicyclic) bond motifs is 1. The normalized spacial score (nSPS) is 16.1. The second kappa shape index (κ2) is 9.85. The highest BCUT2D eigenvalue weighted by atomic mass is 31.2. The predicted molar refractivity (Wildman–Crippen MR) is 123 cm³/mol. The van der Waals surface area contributed by atoms with E-state index in [0.29, 0.717) is 24.9 Å². The standard InChI is InChI=1S/C25H34FO4P/c1-7-29-31(27,30-8-2)15-28-20-11-18(6)25-19(13-20)9-10-21(25)23-14-22(16(3)4)17(5)12-24(23)26/h11-14,16,21H,7-10,15H2,1-6H3. The molecule has 4 nitrogen and oxygen atoms in total. The molecule has 0 amide bonds. The SMILES string of the molecule is CCOP(=O)(COc1cc(C)c2c(c1)CCC2c1cc(C(C)C)c(C)cc1F)OCC. The summed E-state index contributed by atoms with van der Waals surface area (Å²) in [7, 11) is -3.28. The van der Waals surface area contributed by atoms with E-state index in [2.05, 4.69) is 19.9 Å². The maximum absolute atomic E-state index is 15.0. The highest BCUT2D eigenvalue weighted by molar-refractivity contribution is 7.53. The van der Waals surface area contributed by atoms with Gasteiger partial charge in [0.1, 0.15) is 11.6 Å². The van der Waals surface area contributed by atoms with Crippen LogP contribution in [0.1, 0.15) is 79.3 Å². The van der Waals surface area contributed by atoms with Gasteiger partial charge in [-0.3, -0.25) is 4.57 Å². The summed E-state index contributed by atoms with van der Waals surface area (Å²) in [5, 5.41) is 0. The Morgan fingerprint density at radius 2 is 1.74 bits per heavy atom. The van der Waals surface area contributed by atoms with Gasteiger partial charge < -0.3 is 13.8 Å². The first kappa shape index (κ1) is 24.0. The van der Waals surface area contributed by atoms with E-state index in [-0.39, 0.29) is 18.1 Å². The zero-order chi connectivity index (χ0) is 22.8. The van der Waals surface area contributed by atoms with Gasteiger partial charge in [0, 0.05) is 5.92 Å². The van der Waals surface area contributed by atoms with Crippen molar-refractivity contribution >= 4 is 7.60 Å². The summed E-state index contributed by atoms with van der Waals surface area (Å²) >= 11 is 0. The van der Waals surface area contributed by atoms with Crippen molar-refractivity contribution in [2.45, 2.75) is 66.2 Å². The number of ether oxygens (including phenoxy) is 1. The molecule has 1 aliphatic carbocycles. The van der Waals surface area contributed by atoms with E-state index in [9.17, 15) is 8.96 Å². The van der Waals surface area contributed by atoms with Crippen LogP contribution in [0, 0.1) is 19.7 Å². The van der Waals surface area contributed by atoms with Gasteiger partial charge in [-0.2, -0.15) is 0 Å². The van der Waals surface area contributed by atoms with Crippen LogP contribution in [0.25, 0.3) is 0 Å². The number of halogens is 1. The molecular weight excluding hydrogens is 414 g/mol. The van der Waals surface area contributed by atoms with E-state index < -0.39 is 7.60 Å². The molecule has 2 aromatic rings. The third-order valence-electron chi connectivity index (χ3n) is 5.92. The summed E-state index contributed by atoms with van der Waals surface area (Å²) in [6.45, 7) is 12.4. The van der Waals surface area contributed by atoms with E-state index in [4.69, 9.17) is 13.8 Å². The van der Waals surface area contributed by atoms with Gasteiger partial charge in [0.2, 0.25) is 0 Å². The van der Waals surface area contributed by atoms with Crippen LogP contribution < -0.4 is 4.74 Å². The van der Waals surface area contributed by atoms with E-state index in [1.807, 2.05) is 26.0 Å². The van der Waals surface area contributed by atoms with Crippen molar-refractivity contribution in [1.82, 2.24) is 0 Å². The summed E-state index contributed by atoms with van der Waals surface area (Å²) in [4.78, 5) is 0. The molecule has 0 saturated carbocycles. The monoisotopic (exact) mass is 448 g/mol. The number of rotatable bonds is 9. The minimum Gasteiger partial charge on any atom is -0.481 e. The van der Waals surface area contributed by atoms with Crippen molar-refractivity contribution in [3.05, 3.63) is 63.5 Å². The highest BCUT2D eigenvalue weighted by Crippen LogP contribution is 2.49. The number of benzene rings is 2. The lowest BCUT2D eigenvalue weighted by Gasteiger charge is -2.21. The van der Waals surface area contributed by atoms with Crippen molar-refractivity contribution in [2.24, 2.45) is 0 Å². The van der Waals surface area contributed by atoms with Crippen LogP contribution in [-0.4, -0.2) is 19.6 Å². The Labute approximate surface area is 185 Å². The zero-order valence-electron chi connectivity index (χ0n) is 19.5. The molecule has 1 unspecified atom stereocenters. The van der Waals surface area contributed by atoms with E-state index >= 15 is 0 Å². The fraction of sp³-hybridized carbons (Fsp3) is 0.520. The minimum absolute atomic E-state index is 0.0418. The van der Waals surface area contributed by atoms with Crippen molar-refractivity contribution in [1.29, 1.82) is 0 Å². The van der Waals surface area contributed by atoms with Gasteiger partial charge in [0.15, 0.2) is 6.35 Å². The van der Waals surface area contributed by atoms with Crippen molar-refractivity contribution < 1.29 is 22.7 Å². The molecule has 6 heteroatoms. The first-order valence-electron chi connectivity index (χ1n) is 11.1. The Hall–Kier alpha value is -1.68. The lowest BCUT2D eigenvalue weighted by molar-refractivity contribution is 0.197. The Kier molecular flexibility index (Phi) is 7.62. The summed E-state index contributed by atoms with van der Waals surface area (Å²) < 4.78 is 44.1. The largest absolute Gasteiger partial charge is 0.481 e. The van der Waals surface area contributed by atoms with Crippen LogP contribution in [-0.2, 0) is 20.0 Å². The highest BCUT2D eigenvalue weighted by Gasteiger charge is 2.30. The van der Waals surface area contributed by atoms with Crippen LogP contribution in [0.2, 0.25) is 0 Å². The molecule has 0 aliphatic heterocycles. The second-order valence-electron chi connectivity index (χ2n) is 8.51. The summed E-state index contributed by atoms with van der Waals surface area (Å²) in [6.07, 6.45) is 1.60. The average Bonchev–Trinajstić information content (AvgIpc) is 3.11. The van der Waals surface area contributed by atoms with Gasteiger partial charge in [-0.15, -0.1) is 0 Å². The third kappa shape index (κ3) is 5.22. The van der Waals surface area contributed by atoms with Crippen LogP contribution in [0.3, 0.4) is 0 Å². The molecule has 0 fully saturated rings. The summed E-state index contributed by atoms with van der Waals surface area (Å²) in [5.41, 5.74) is 6.38. The van der Waals surface area contributed by atoms with Crippen LogP contribution >= 0.6 is 7.60 Å². The smallest absolute Gasteiger partial charge is 0.367 e. The first-order valence-corrected chi connectivity index (χ1v) is 12.9. The van der Waals surface area contributed by atoms with Crippen molar-refractivity contribution in [3.8, 4) is 5.75 Å². The van der Waals surface area contributed by atoms with Gasteiger partial charge in [-0.05, 0) is 98.0 Å². The van der Waals surface area contributed by atoms with Crippen molar-refractivity contribution in [2.75, 3.05) is 19.6 Å². The Balaban J connectivity index is 1.88. The molecule has 0 aromatic heterocycles. The fourth-order valence-electron chi connectivity index (χ4n) is 4.63. The molecule has 0 radical (unpaired) electrons. The summed E-state index contributed by atoms with van der Waals surface area (Å²) in [5.74, 6) is 0.904. The van der Waals surface area contributed by atoms with Gasteiger partial charge in [0.25, 0.3) is 0 Å². The Morgan fingerprint density at radius 1 is 1.06 bits per heavy atom. The Bertz CT molecular complexity index is 976. The van der Waals surface area contributed by atoms with Crippen LogP contribution in [0.4, 0.5) is 4.39 Å².